The maximum absolute atomic E-state index is 9.87. The topological polar surface area (TPSA) is 52.5 Å². The van der Waals surface area contributed by atoms with E-state index >= 15 is 0 Å². The van der Waals surface area contributed by atoms with E-state index in [4.69, 9.17) is 5.11 Å². The number of hydrogen-bond acceptors (Lipinski definition) is 3. The number of rotatable bonds is 8. The summed E-state index contributed by atoms with van der Waals surface area (Å²) >= 11 is 0. The van der Waals surface area contributed by atoms with Crippen LogP contribution in [-0.4, -0.2) is 23.3 Å². The third-order valence-corrected chi connectivity index (χ3v) is 2.82. The first kappa shape index (κ1) is 14.0. The van der Waals surface area contributed by atoms with Gasteiger partial charge in [-0.1, -0.05) is 38.3 Å². The Bertz CT molecular complexity index is 298. The minimum Gasteiger partial charge on any atom is -0.508 e. The number of phenols is 1. The normalized spacial score (nSPS) is 12.6. The number of aliphatic hydroxyl groups excluding tert-OH is 1. The average Bonchev–Trinajstić information content (AvgIpc) is 2.34. The molecule has 0 spiro atoms. The largest absolute Gasteiger partial charge is 0.508 e. The second-order valence-electron chi connectivity index (χ2n) is 4.37. The van der Waals surface area contributed by atoms with Crippen LogP contribution in [0.15, 0.2) is 24.3 Å². The fourth-order valence-corrected chi connectivity index (χ4v) is 1.73. The first-order valence-corrected chi connectivity index (χ1v) is 6.41. The smallest absolute Gasteiger partial charge is 0.115 e. The second kappa shape index (κ2) is 8.09. The quantitative estimate of drug-likeness (QED) is 0.609. The molecule has 1 atom stereocenters. The summed E-state index contributed by atoms with van der Waals surface area (Å²) in [5, 5.41) is 22.3. The molecule has 0 heterocycles. The zero-order chi connectivity index (χ0) is 12.5. The van der Waals surface area contributed by atoms with E-state index in [9.17, 15) is 5.11 Å². The molecule has 0 aromatic heterocycles. The van der Waals surface area contributed by atoms with Crippen LogP contribution in [0.25, 0.3) is 0 Å². The second-order valence-corrected chi connectivity index (χ2v) is 4.37. The number of aliphatic hydroxyl groups is 1. The Hall–Kier alpha value is -1.06. The van der Waals surface area contributed by atoms with E-state index in [1.807, 2.05) is 0 Å². The van der Waals surface area contributed by atoms with Gasteiger partial charge in [-0.05, 0) is 30.7 Å². The average molecular weight is 237 g/mol. The third kappa shape index (κ3) is 5.71. The summed E-state index contributed by atoms with van der Waals surface area (Å²) in [6, 6.07) is 6.69. The van der Waals surface area contributed by atoms with Crippen LogP contribution < -0.4 is 5.32 Å². The molecule has 3 nitrogen and oxygen atoms in total. The van der Waals surface area contributed by atoms with E-state index in [1.165, 1.54) is 19.3 Å². The van der Waals surface area contributed by atoms with Gasteiger partial charge in [0.15, 0.2) is 0 Å². The van der Waals surface area contributed by atoms with Crippen molar-refractivity contribution in [3.8, 4) is 5.75 Å². The predicted octanol–water partition coefficient (Wildman–Crippen LogP) is 2.60. The van der Waals surface area contributed by atoms with Crippen LogP contribution in [0.5, 0.6) is 5.75 Å². The molecule has 0 aliphatic heterocycles. The molecule has 1 unspecified atom stereocenters. The molecule has 0 bridgehead atoms. The van der Waals surface area contributed by atoms with E-state index < -0.39 is 6.10 Å². The van der Waals surface area contributed by atoms with Gasteiger partial charge < -0.3 is 15.5 Å². The van der Waals surface area contributed by atoms with Gasteiger partial charge in [0.1, 0.15) is 5.75 Å². The first-order valence-electron chi connectivity index (χ1n) is 6.41. The van der Waals surface area contributed by atoms with Crippen LogP contribution in [0, 0.1) is 0 Å². The van der Waals surface area contributed by atoms with Crippen LogP contribution in [0.3, 0.4) is 0 Å². The van der Waals surface area contributed by atoms with Crippen LogP contribution >= 0.6 is 0 Å². The Kier molecular flexibility index (Phi) is 6.67. The molecule has 17 heavy (non-hydrogen) atoms. The highest BCUT2D eigenvalue weighted by atomic mass is 16.3. The maximum atomic E-state index is 9.87. The fourth-order valence-electron chi connectivity index (χ4n) is 1.73. The Morgan fingerprint density at radius 2 is 1.82 bits per heavy atom. The van der Waals surface area contributed by atoms with Crippen molar-refractivity contribution in [2.24, 2.45) is 0 Å². The Morgan fingerprint density at radius 1 is 1.12 bits per heavy atom. The fraction of sp³-hybridized carbons (Fsp3) is 0.571. The van der Waals surface area contributed by atoms with Crippen LogP contribution in [0.4, 0.5) is 0 Å². The molecule has 1 rings (SSSR count). The number of phenolic OH excluding ortho intramolecular Hbond substituents is 1. The molecule has 0 aliphatic carbocycles. The standard InChI is InChI=1S/C14H23NO2/c1-2-3-4-5-10-15-11-14(17)12-6-8-13(16)9-7-12/h6-9,14-17H,2-5,10-11H2,1H3. The lowest BCUT2D eigenvalue weighted by atomic mass is 10.1. The van der Waals surface area contributed by atoms with E-state index in [1.54, 1.807) is 24.3 Å². The molecule has 0 radical (unpaired) electrons. The highest BCUT2D eigenvalue weighted by molar-refractivity contribution is 5.27. The number of benzene rings is 1. The summed E-state index contributed by atoms with van der Waals surface area (Å²) in [4.78, 5) is 0. The van der Waals surface area contributed by atoms with Gasteiger partial charge in [0.25, 0.3) is 0 Å². The summed E-state index contributed by atoms with van der Waals surface area (Å²) in [7, 11) is 0. The summed E-state index contributed by atoms with van der Waals surface area (Å²) in [6.07, 6.45) is 4.44. The minimum absolute atomic E-state index is 0.230. The van der Waals surface area contributed by atoms with Gasteiger partial charge in [0.2, 0.25) is 0 Å². The lowest BCUT2D eigenvalue weighted by molar-refractivity contribution is 0.174. The zero-order valence-electron chi connectivity index (χ0n) is 10.5. The van der Waals surface area contributed by atoms with Gasteiger partial charge in [-0.25, -0.2) is 0 Å². The van der Waals surface area contributed by atoms with Crippen molar-refractivity contribution in [3.05, 3.63) is 29.8 Å². The number of unbranched alkanes of at least 4 members (excludes halogenated alkanes) is 3. The minimum atomic E-state index is -0.498. The monoisotopic (exact) mass is 237 g/mol. The lowest BCUT2D eigenvalue weighted by Crippen LogP contribution is -2.22. The summed E-state index contributed by atoms with van der Waals surface area (Å²) in [5.74, 6) is 0.230. The maximum Gasteiger partial charge on any atom is 0.115 e. The van der Waals surface area contributed by atoms with Crippen molar-refractivity contribution in [3.63, 3.8) is 0 Å². The molecule has 3 N–H and O–H groups in total. The van der Waals surface area contributed by atoms with Gasteiger partial charge in [0.05, 0.1) is 6.10 Å². The number of hydrogen-bond donors (Lipinski definition) is 3. The van der Waals surface area contributed by atoms with E-state index in [2.05, 4.69) is 12.2 Å². The molecule has 1 aromatic carbocycles. The summed E-state index contributed by atoms with van der Waals surface area (Å²) in [5.41, 5.74) is 0.837. The Morgan fingerprint density at radius 3 is 2.47 bits per heavy atom. The highest BCUT2D eigenvalue weighted by Gasteiger charge is 2.06. The van der Waals surface area contributed by atoms with Crippen LogP contribution in [0.1, 0.15) is 44.3 Å². The van der Waals surface area contributed by atoms with Crippen molar-refractivity contribution < 1.29 is 10.2 Å². The molecule has 0 saturated carbocycles. The van der Waals surface area contributed by atoms with E-state index in [0.717, 1.165) is 18.5 Å². The molecular formula is C14H23NO2. The number of nitrogens with one attached hydrogen (secondary N) is 1. The zero-order valence-corrected chi connectivity index (χ0v) is 10.5. The summed E-state index contributed by atoms with van der Waals surface area (Å²) < 4.78 is 0. The van der Waals surface area contributed by atoms with Gasteiger partial charge in [-0.3, -0.25) is 0 Å². The van der Waals surface area contributed by atoms with E-state index in [-0.39, 0.29) is 5.75 Å². The van der Waals surface area contributed by atoms with Crippen molar-refractivity contribution in [1.82, 2.24) is 5.32 Å². The van der Waals surface area contributed by atoms with Gasteiger partial charge in [-0.2, -0.15) is 0 Å². The van der Waals surface area contributed by atoms with Crippen molar-refractivity contribution in [1.29, 1.82) is 0 Å². The van der Waals surface area contributed by atoms with E-state index in [0.29, 0.717) is 6.54 Å². The van der Waals surface area contributed by atoms with Crippen LogP contribution in [-0.2, 0) is 0 Å². The molecule has 0 fully saturated rings. The van der Waals surface area contributed by atoms with Crippen molar-refractivity contribution in [2.45, 2.75) is 38.7 Å². The van der Waals surface area contributed by atoms with Crippen molar-refractivity contribution >= 4 is 0 Å². The molecular weight excluding hydrogens is 214 g/mol. The number of aromatic hydroxyl groups is 1. The third-order valence-electron chi connectivity index (χ3n) is 2.82. The molecule has 0 saturated heterocycles. The first-order chi connectivity index (χ1) is 8.24. The highest BCUT2D eigenvalue weighted by Crippen LogP contribution is 2.15. The summed E-state index contributed by atoms with van der Waals surface area (Å²) in [6.45, 7) is 3.72. The predicted molar refractivity (Wildman–Crippen MR) is 70.1 cm³/mol. The lowest BCUT2D eigenvalue weighted by Gasteiger charge is -2.12. The molecule has 1 aromatic rings. The molecule has 3 heteroatoms. The molecule has 0 aliphatic rings. The Balaban J connectivity index is 2.16. The molecule has 0 amide bonds. The SMILES string of the molecule is CCCCCCNCC(O)c1ccc(O)cc1. The van der Waals surface area contributed by atoms with Gasteiger partial charge >= 0.3 is 0 Å². The van der Waals surface area contributed by atoms with Crippen molar-refractivity contribution in [2.75, 3.05) is 13.1 Å². The van der Waals surface area contributed by atoms with Gasteiger partial charge in [0, 0.05) is 6.54 Å². The van der Waals surface area contributed by atoms with Gasteiger partial charge in [-0.15, -0.1) is 0 Å². The molecule has 96 valence electrons. The Labute approximate surface area is 103 Å². The van der Waals surface area contributed by atoms with Crippen LogP contribution in [0.2, 0.25) is 0 Å².